The van der Waals surface area contributed by atoms with Crippen LogP contribution in [0.5, 0.6) is 0 Å². The van der Waals surface area contributed by atoms with Crippen LogP contribution in [-0.4, -0.2) is 22.5 Å². The first kappa shape index (κ1) is 13.9. The van der Waals surface area contributed by atoms with E-state index in [-0.39, 0.29) is 5.54 Å². The summed E-state index contributed by atoms with van der Waals surface area (Å²) in [5.74, 6) is 1.21. The molecule has 0 aliphatic carbocycles. The Hall–Kier alpha value is -0.180. The van der Waals surface area contributed by atoms with Crippen molar-refractivity contribution in [3.8, 4) is 0 Å². The molecule has 2 nitrogen and oxygen atoms in total. The molecule has 16 heavy (non-hydrogen) atoms. The minimum atomic E-state index is 0.272. The lowest BCUT2D eigenvalue weighted by molar-refractivity contribution is 0.388. The number of nitrogens with zero attached hydrogens (tertiary/aromatic N) is 1. The topological polar surface area (TPSA) is 24.4 Å². The summed E-state index contributed by atoms with van der Waals surface area (Å²) in [5.41, 5.74) is 0.272. The Balaban J connectivity index is 2.61. The SMILES string of the molecule is CCCC(CC)N=C1NC(C)(CC)CCS1. The zero-order chi connectivity index (χ0) is 12.0. The lowest BCUT2D eigenvalue weighted by atomic mass is 9.96. The highest BCUT2D eigenvalue weighted by molar-refractivity contribution is 8.13. The number of hydrogen-bond acceptors (Lipinski definition) is 2. The van der Waals surface area contributed by atoms with Crippen LogP contribution in [0.4, 0.5) is 0 Å². The van der Waals surface area contributed by atoms with Gasteiger partial charge >= 0.3 is 0 Å². The highest BCUT2D eigenvalue weighted by Gasteiger charge is 2.27. The third kappa shape index (κ3) is 4.00. The van der Waals surface area contributed by atoms with Crippen molar-refractivity contribution in [1.82, 2.24) is 5.32 Å². The highest BCUT2D eigenvalue weighted by atomic mass is 32.2. The predicted octanol–water partition coefficient (Wildman–Crippen LogP) is 3.82. The highest BCUT2D eigenvalue weighted by Crippen LogP contribution is 2.25. The molecular weight excluding hydrogens is 216 g/mol. The van der Waals surface area contributed by atoms with Gasteiger partial charge in [0.2, 0.25) is 0 Å². The van der Waals surface area contributed by atoms with Crippen LogP contribution >= 0.6 is 11.8 Å². The van der Waals surface area contributed by atoms with Crippen molar-refractivity contribution in [1.29, 1.82) is 0 Å². The third-order valence-electron chi connectivity index (χ3n) is 3.47. The van der Waals surface area contributed by atoms with Crippen LogP contribution in [0, 0.1) is 0 Å². The van der Waals surface area contributed by atoms with Crippen LogP contribution in [0.1, 0.15) is 59.8 Å². The second-order valence-corrected chi connectivity index (χ2v) is 6.01. The molecule has 0 bridgehead atoms. The molecule has 1 heterocycles. The van der Waals surface area contributed by atoms with E-state index in [1.165, 1.54) is 36.6 Å². The van der Waals surface area contributed by atoms with E-state index in [9.17, 15) is 0 Å². The van der Waals surface area contributed by atoms with Crippen molar-refractivity contribution in [2.24, 2.45) is 4.99 Å². The first-order chi connectivity index (χ1) is 7.63. The number of rotatable bonds is 5. The monoisotopic (exact) mass is 242 g/mol. The van der Waals surface area contributed by atoms with E-state index in [1.807, 2.05) is 11.8 Å². The lowest BCUT2D eigenvalue weighted by Gasteiger charge is -2.35. The molecule has 94 valence electrons. The third-order valence-corrected chi connectivity index (χ3v) is 4.36. The van der Waals surface area contributed by atoms with Gasteiger partial charge in [-0.1, -0.05) is 39.0 Å². The van der Waals surface area contributed by atoms with Gasteiger partial charge in [-0.25, -0.2) is 0 Å². The molecule has 1 saturated heterocycles. The maximum atomic E-state index is 4.86. The van der Waals surface area contributed by atoms with E-state index >= 15 is 0 Å². The molecule has 0 aromatic rings. The molecule has 0 radical (unpaired) electrons. The van der Waals surface area contributed by atoms with Gasteiger partial charge in [-0.15, -0.1) is 0 Å². The predicted molar refractivity (Wildman–Crippen MR) is 75.3 cm³/mol. The van der Waals surface area contributed by atoms with Gasteiger partial charge in [0.15, 0.2) is 5.17 Å². The van der Waals surface area contributed by atoms with Gasteiger partial charge in [0, 0.05) is 11.3 Å². The number of aliphatic imine (C=N–C) groups is 1. The van der Waals surface area contributed by atoms with E-state index in [2.05, 4.69) is 33.0 Å². The summed E-state index contributed by atoms with van der Waals surface area (Å²) in [6, 6.07) is 0.513. The summed E-state index contributed by atoms with van der Waals surface area (Å²) in [5, 5.41) is 4.79. The van der Waals surface area contributed by atoms with Crippen molar-refractivity contribution >= 4 is 16.9 Å². The van der Waals surface area contributed by atoms with E-state index in [0.29, 0.717) is 6.04 Å². The van der Waals surface area contributed by atoms with Gasteiger partial charge in [-0.05, 0) is 32.6 Å². The molecule has 1 aliphatic rings. The zero-order valence-electron chi connectivity index (χ0n) is 11.2. The fraction of sp³-hybridized carbons (Fsp3) is 0.923. The maximum Gasteiger partial charge on any atom is 0.157 e. The van der Waals surface area contributed by atoms with Crippen LogP contribution in [0.3, 0.4) is 0 Å². The van der Waals surface area contributed by atoms with Gasteiger partial charge < -0.3 is 5.32 Å². The van der Waals surface area contributed by atoms with E-state index in [1.54, 1.807) is 0 Å². The molecule has 1 aliphatic heterocycles. The Morgan fingerprint density at radius 3 is 2.75 bits per heavy atom. The Kier molecular flexibility index (Phi) is 5.67. The standard InChI is InChI=1S/C13H26N2S/c1-5-8-11(6-2)14-12-15-13(4,7-3)9-10-16-12/h11H,5-10H2,1-4H3,(H,14,15). The molecule has 2 atom stereocenters. The van der Waals surface area contributed by atoms with Gasteiger partial charge in [0.05, 0.1) is 6.04 Å². The number of thioether (sulfide) groups is 1. The Bertz CT molecular complexity index is 240. The van der Waals surface area contributed by atoms with E-state index < -0.39 is 0 Å². The lowest BCUT2D eigenvalue weighted by Crippen LogP contribution is -2.48. The Morgan fingerprint density at radius 2 is 2.19 bits per heavy atom. The number of hydrogen-bond donors (Lipinski definition) is 1. The zero-order valence-corrected chi connectivity index (χ0v) is 12.0. The average Bonchev–Trinajstić information content (AvgIpc) is 2.29. The average molecular weight is 242 g/mol. The second kappa shape index (κ2) is 6.53. The summed E-state index contributed by atoms with van der Waals surface area (Å²) in [6.07, 6.45) is 6.02. The quantitative estimate of drug-likeness (QED) is 0.792. The van der Waals surface area contributed by atoms with E-state index in [4.69, 9.17) is 4.99 Å². The smallest absolute Gasteiger partial charge is 0.157 e. The van der Waals surface area contributed by atoms with Crippen molar-refractivity contribution in [3.05, 3.63) is 0 Å². The van der Waals surface area contributed by atoms with Crippen molar-refractivity contribution in [2.45, 2.75) is 71.4 Å². The molecule has 0 spiro atoms. The van der Waals surface area contributed by atoms with Gasteiger partial charge in [-0.2, -0.15) is 0 Å². The molecule has 0 aromatic heterocycles. The fourth-order valence-electron chi connectivity index (χ4n) is 1.92. The van der Waals surface area contributed by atoms with Crippen LogP contribution in [-0.2, 0) is 0 Å². The largest absolute Gasteiger partial charge is 0.360 e. The van der Waals surface area contributed by atoms with Gasteiger partial charge in [0.1, 0.15) is 0 Å². The van der Waals surface area contributed by atoms with Crippen LogP contribution in [0.2, 0.25) is 0 Å². The first-order valence-corrected chi connectivity index (χ1v) is 7.61. The Morgan fingerprint density at radius 1 is 1.44 bits per heavy atom. The molecule has 0 saturated carbocycles. The first-order valence-electron chi connectivity index (χ1n) is 6.62. The normalized spacial score (nSPS) is 30.1. The van der Waals surface area contributed by atoms with Gasteiger partial charge in [-0.3, -0.25) is 4.99 Å². The summed E-state index contributed by atoms with van der Waals surface area (Å²) in [6.45, 7) is 9.03. The second-order valence-electron chi connectivity index (χ2n) is 4.92. The minimum Gasteiger partial charge on any atom is -0.360 e. The fourth-order valence-corrected chi connectivity index (χ4v) is 3.21. The number of nitrogens with one attached hydrogen (secondary N) is 1. The van der Waals surface area contributed by atoms with Crippen LogP contribution in [0.25, 0.3) is 0 Å². The summed E-state index contributed by atoms with van der Waals surface area (Å²) < 4.78 is 0. The van der Waals surface area contributed by atoms with Crippen LogP contribution < -0.4 is 5.32 Å². The maximum absolute atomic E-state index is 4.86. The van der Waals surface area contributed by atoms with Gasteiger partial charge in [0.25, 0.3) is 0 Å². The molecule has 0 amide bonds. The molecule has 1 N–H and O–H groups in total. The van der Waals surface area contributed by atoms with E-state index in [0.717, 1.165) is 6.42 Å². The minimum absolute atomic E-state index is 0.272. The summed E-state index contributed by atoms with van der Waals surface area (Å²) in [7, 11) is 0. The van der Waals surface area contributed by atoms with Crippen molar-refractivity contribution < 1.29 is 0 Å². The molecule has 2 unspecified atom stereocenters. The molecule has 3 heteroatoms. The molecular formula is C13H26N2S. The number of amidine groups is 1. The summed E-state index contributed by atoms with van der Waals surface area (Å²) in [4.78, 5) is 4.86. The Labute approximate surface area is 105 Å². The van der Waals surface area contributed by atoms with Crippen molar-refractivity contribution in [3.63, 3.8) is 0 Å². The molecule has 1 fully saturated rings. The molecule has 0 aromatic carbocycles. The van der Waals surface area contributed by atoms with Crippen molar-refractivity contribution in [2.75, 3.05) is 5.75 Å². The molecule has 1 rings (SSSR count). The van der Waals surface area contributed by atoms with Crippen LogP contribution in [0.15, 0.2) is 4.99 Å². The summed E-state index contributed by atoms with van der Waals surface area (Å²) >= 11 is 1.89.